The zero-order valence-electron chi connectivity index (χ0n) is 13.8. The molecule has 0 atom stereocenters. The van der Waals surface area contributed by atoms with Crippen LogP contribution < -0.4 is 0 Å². The normalized spacial score (nSPS) is 24.2. The number of hydrogen-bond acceptors (Lipinski definition) is 2. The zero-order valence-corrected chi connectivity index (χ0v) is 14.6. The summed E-state index contributed by atoms with van der Waals surface area (Å²) in [7, 11) is -4.10. The van der Waals surface area contributed by atoms with Crippen molar-refractivity contribution in [3.63, 3.8) is 0 Å². The van der Waals surface area contributed by atoms with Gasteiger partial charge in [0.15, 0.2) is 0 Å². The van der Waals surface area contributed by atoms with E-state index in [-0.39, 0.29) is 31.5 Å². The molecule has 0 spiro atoms. The number of sulfonamides is 1. The van der Waals surface area contributed by atoms with Crippen LogP contribution in [0, 0.1) is 11.6 Å². The maximum absolute atomic E-state index is 14.4. The molecule has 140 valence electrons. The molecule has 1 aliphatic carbocycles. The second-order valence-corrected chi connectivity index (χ2v) is 9.19. The van der Waals surface area contributed by atoms with Gasteiger partial charge in [0.25, 0.3) is 5.92 Å². The highest BCUT2D eigenvalue weighted by Gasteiger charge is 2.52. The molecule has 0 aromatic heterocycles. The van der Waals surface area contributed by atoms with Crippen LogP contribution in [-0.2, 0) is 14.8 Å². The minimum absolute atomic E-state index is 0.169. The summed E-state index contributed by atoms with van der Waals surface area (Å²) in [6.45, 7) is -0.595. The molecule has 0 amide bonds. The fourth-order valence-electron chi connectivity index (χ4n) is 3.94. The molecule has 2 aliphatic rings. The zero-order chi connectivity index (χ0) is 18.3. The van der Waals surface area contributed by atoms with Crippen LogP contribution in [0.2, 0.25) is 0 Å². The Labute approximate surface area is 145 Å². The van der Waals surface area contributed by atoms with Gasteiger partial charge in [-0.25, -0.2) is 30.3 Å². The lowest BCUT2D eigenvalue weighted by Gasteiger charge is -2.42. The van der Waals surface area contributed by atoms with Gasteiger partial charge in [-0.15, -0.1) is 0 Å². The predicted molar refractivity (Wildman–Crippen MR) is 85.8 cm³/mol. The van der Waals surface area contributed by atoms with E-state index in [1.807, 2.05) is 0 Å². The molecule has 1 aromatic rings. The van der Waals surface area contributed by atoms with Gasteiger partial charge < -0.3 is 0 Å². The van der Waals surface area contributed by atoms with Gasteiger partial charge in [-0.2, -0.15) is 0 Å². The molecule has 0 unspecified atom stereocenters. The van der Waals surface area contributed by atoms with E-state index in [4.69, 9.17) is 0 Å². The highest BCUT2D eigenvalue weighted by Crippen LogP contribution is 2.47. The second kappa shape index (κ2) is 6.54. The third-order valence-electron chi connectivity index (χ3n) is 5.37. The van der Waals surface area contributed by atoms with Crippen molar-refractivity contribution in [2.75, 3.05) is 13.1 Å². The lowest BCUT2D eigenvalue weighted by atomic mass is 9.83. The number of piperidine rings is 1. The summed E-state index contributed by atoms with van der Waals surface area (Å²) >= 11 is 0. The van der Waals surface area contributed by atoms with Gasteiger partial charge >= 0.3 is 0 Å². The summed E-state index contributed by atoms with van der Waals surface area (Å²) in [5, 5.41) is 0. The molecule has 0 radical (unpaired) electrons. The van der Waals surface area contributed by atoms with Crippen LogP contribution in [0.15, 0.2) is 18.2 Å². The minimum atomic E-state index is -4.10. The fraction of sp³-hybridized carbons (Fsp3) is 0.647. The van der Waals surface area contributed by atoms with Crippen molar-refractivity contribution in [3.8, 4) is 0 Å². The highest BCUT2D eigenvalue weighted by atomic mass is 32.2. The average molecular weight is 379 g/mol. The molecule has 3 nitrogen and oxygen atoms in total. The third kappa shape index (κ3) is 3.30. The predicted octanol–water partition coefficient (Wildman–Crippen LogP) is 4.19. The van der Waals surface area contributed by atoms with Gasteiger partial charge in [-0.3, -0.25) is 0 Å². The smallest absolute Gasteiger partial charge is 0.211 e. The van der Waals surface area contributed by atoms with Crippen molar-refractivity contribution in [2.24, 2.45) is 0 Å². The average Bonchev–Trinajstić information content (AvgIpc) is 2.57. The Morgan fingerprint density at radius 2 is 1.52 bits per heavy atom. The molecule has 1 aromatic carbocycles. The Hall–Kier alpha value is -1.15. The molecule has 0 bridgehead atoms. The number of halogens is 4. The SMILES string of the molecule is O=S(=O)(N1CCC(F)(F)CC1)C1(c2cc(F)ccc2F)CCCCC1. The van der Waals surface area contributed by atoms with Gasteiger partial charge in [0, 0.05) is 31.5 Å². The van der Waals surface area contributed by atoms with E-state index in [2.05, 4.69) is 0 Å². The highest BCUT2D eigenvalue weighted by molar-refractivity contribution is 7.90. The summed E-state index contributed by atoms with van der Waals surface area (Å²) in [5.74, 6) is -4.36. The summed E-state index contributed by atoms with van der Waals surface area (Å²) in [4.78, 5) is 0. The first-order valence-electron chi connectivity index (χ1n) is 8.51. The number of hydrogen-bond donors (Lipinski definition) is 0. The maximum atomic E-state index is 14.4. The van der Waals surface area contributed by atoms with E-state index in [9.17, 15) is 26.0 Å². The van der Waals surface area contributed by atoms with Crippen LogP contribution >= 0.6 is 0 Å². The van der Waals surface area contributed by atoms with Crippen molar-refractivity contribution in [3.05, 3.63) is 35.4 Å². The number of alkyl halides is 2. The van der Waals surface area contributed by atoms with E-state index in [0.29, 0.717) is 12.8 Å². The lowest BCUT2D eigenvalue weighted by molar-refractivity contribution is -0.0416. The van der Waals surface area contributed by atoms with Crippen molar-refractivity contribution in [1.82, 2.24) is 4.31 Å². The Bertz CT molecular complexity index is 735. The first-order valence-corrected chi connectivity index (χ1v) is 9.95. The van der Waals surface area contributed by atoms with Gasteiger partial charge in [-0.1, -0.05) is 19.3 Å². The number of nitrogens with zero attached hydrogens (tertiary/aromatic N) is 1. The van der Waals surface area contributed by atoms with Crippen LogP contribution in [0.25, 0.3) is 0 Å². The molecule has 1 aliphatic heterocycles. The van der Waals surface area contributed by atoms with Crippen LogP contribution in [-0.4, -0.2) is 31.7 Å². The Kier molecular flexibility index (Phi) is 4.87. The minimum Gasteiger partial charge on any atom is -0.211 e. The van der Waals surface area contributed by atoms with Crippen molar-refractivity contribution in [1.29, 1.82) is 0 Å². The molecule has 1 saturated carbocycles. The standard InChI is InChI=1S/C17H21F4NO2S/c18-13-4-5-15(19)14(12-13)16(6-2-1-3-7-16)25(23,24)22-10-8-17(20,21)9-11-22/h4-5,12H,1-3,6-11H2. The van der Waals surface area contributed by atoms with E-state index in [1.54, 1.807) is 0 Å². The number of benzene rings is 1. The van der Waals surface area contributed by atoms with E-state index >= 15 is 0 Å². The van der Waals surface area contributed by atoms with Gasteiger partial charge in [0.05, 0.1) is 0 Å². The summed E-state index contributed by atoms with van der Waals surface area (Å²) in [6.07, 6.45) is 1.19. The molecule has 2 fully saturated rings. The number of rotatable bonds is 3. The molecule has 3 rings (SSSR count). The molecular formula is C17H21F4NO2S. The van der Waals surface area contributed by atoms with Crippen LogP contribution in [0.4, 0.5) is 17.6 Å². The Morgan fingerprint density at radius 1 is 0.920 bits per heavy atom. The molecular weight excluding hydrogens is 358 g/mol. The van der Waals surface area contributed by atoms with Crippen molar-refractivity contribution in [2.45, 2.75) is 55.6 Å². The molecule has 0 N–H and O–H groups in total. The first-order chi connectivity index (χ1) is 11.7. The second-order valence-electron chi connectivity index (χ2n) is 6.94. The van der Waals surface area contributed by atoms with Crippen LogP contribution in [0.1, 0.15) is 50.5 Å². The molecule has 1 saturated heterocycles. The monoisotopic (exact) mass is 379 g/mol. The largest absolute Gasteiger partial charge is 0.250 e. The van der Waals surface area contributed by atoms with E-state index in [0.717, 1.165) is 28.9 Å². The van der Waals surface area contributed by atoms with E-state index < -0.39 is 45.2 Å². The van der Waals surface area contributed by atoms with Crippen molar-refractivity contribution >= 4 is 10.0 Å². The van der Waals surface area contributed by atoms with E-state index in [1.165, 1.54) is 0 Å². The lowest BCUT2D eigenvalue weighted by Crippen LogP contribution is -2.52. The maximum Gasteiger partial charge on any atom is 0.250 e. The summed E-state index contributed by atoms with van der Waals surface area (Å²) in [5.41, 5.74) is -0.176. The Morgan fingerprint density at radius 3 is 2.12 bits per heavy atom. The van der Waals surface area contributed by atoms with Gasteiger partial charge in [-0.05, 0) is 31.0 Å². The van der Waals surface area contributed by atoms with Crippen LogP contribution in [0.5, 0.6) is 0 Å². The Balaban J connectivity index is 2.05. The first kappa shape index (κ1) is 18.6. The van der Waals surface area contributed by atoms with Gasteiger partial charge in [0.2, 0.25) is 10.0 Å². The summed E-state index contributed by atoms with van der Waals surface area (Å²) < 4.78 is 81.1. The summed E-state index contributed by atoms with van der Waals surface area (Å²) in [6, 6.07) is 2.82. The molecule has 1 heterocycles. The van der Waals surface area contributed by atoms with Crippen molar-refractivity contribution < 1.29 is 26.0 Å². The van der Waals surface area contributed by atoms with Crippen LogP contribution in [0.3, 0.4) is 0 Å². The topological polar surface area (TPSA) is 37.4 Å². The third-order valence-corrected chi connectivity index (χ3v) is 8.03. The van der Waals surface area contributed by atoms with Gasteiger partial charge in [0.1, 0.15) is 16.4 Å². The molecule has 8 heteroatoms. The quantitative estimate of drug-likeness (QED) is 0.739. The molecule has 25 heavy (non-hydrogen) atoms. The fourth-order valence-corrected chi connectivity index (χ4v) is 6.33.